The Morgan fingerprint density at radius 3 is 2.39 bits per heavy atom. The number of rotatable bonds is 6. The van der Waals surface area contributed by atoms with Crippen molar-refractivity contribution in [3.63, 3.8) is 0 Å². The SMILES string of the molecule is O=C(NC(=S)NC1CCCCCC1)c1ccccc1OCCc1ccccc1. The van der Waals surface area contributed by atoms with Crippen LogP contribution in [0, 0.1) is 0 Å². The predicted molar refractivity (Wildman–Crippen MR) is 117 cm³/mol. The van der Waals surface area contributed by atoms with E-state index < -0.39 is 0 Å². The Bertz CT molecular complexity index is 771. The van der Waals surface area contributed by atoms with Crippen molar-refractivity contribution in [3.8, 4) is 5.75 Å². The Morgan fingerprint density at radius 2 is 1.64 bits per heavy atom. The summed E-state index contributed by atoms with van der Waals surface area (Å²) in [6.07, 6.45) is 8.00. The number of amides is 1. The number of carbonyl (C=O) groups excluding carboxylic acids is 1. The molecule has 0 spiro atoms. The molecule has 0 heterocycles. The molecule has 1 aliphatic rings. The fourth-order valence-corrected chi connectivity index (χ4v) is 3.78. The number of hydrogen-bond acceptors (Lipinski definition) is 3. The van der Waals surface area contributed by atoms with Crippen LogP contribution in [-0.2, 0) is 6.42 Å². The zero-order valence-electron chi connectivity index (χ0n) is 16.2. The van der Waals surface area contributed by atoms with Crippen LogP contribution in [0.5, 0.6) is 5.75 Å². The van der Waals surface area contributed by atoms with Crippen LogP contribution in [0.15, 0.2) is 54.6 Å². The average molecular weight is 397 g/mol. The number of nitrogens with one attached hydrogen (secondary N) is 2. The third kappa shape index (κ3) is 6.34. The molecule has 1 aliphatic carbocycles. The van der Waals surface area contributed by atoms with Gasteiger partial charge in [0.25, 0.3) is 5.91 Å². The van der Waals surface area contributed by atoms with E-state index in [0.29, 0.717) is 29.1 Å². The van der Waals surface area contributed by atoms with Gasteiger partial charge < -0.3 is 10.1 Å². The van der Waals surface area contributed by atoms with E-state index in [0.717, 1.165) is 19.3 Å². The van der Waals surface area contributed by atoms with Crippen LogP contribution in [-0.4, -0.2) is 23.7 Å². The number of thiocarbonyl (C=S) groups is 1. The number of benzene rings is 2. The smallest absolute Gasteiger partial charge is 0.261 e. The Kier molecular flexibility index (Phi) is 7.85. The summed E-state index contributed by atoms with van der Waals surface area (Å²) in [5.41, 5.74) is 1.71. The highest BCUT2D eigenvalue weighted by atomic mass is 32.1. The van der Waals surface area contributed by atoms with Crippen LogP contribution >= 0.6 is 12.2 Å². The molecule has 3 rings (SSSR count). The standard InChI is InChI=1S/C23H28N2O2S/c26-22(25-23(28)24-19-12-6-1-2-7-13-19)20-14-8-9-15-21(20)27-17-16-18-10-4-3-5-11-18/h3-5,8-11,14-15,19H,1-2,6-7,12-13,16-17H2,(H2,24,25,26,28). The fourth-order valence-electron chi connectivity index (χ4n) is 3.52. The van der Waals surface area contributed by atoms with Crippen molar-refractivity contribution in [2.45, 2.75) is 51.0 Å². The number of hydrogen-bond donors (Lipinski definition) is 2. The maximum absolute atomic E-state index is 12.7. The summed E-state index contributed by atoms with van der Waals surface area (Å²) in [5.74, 6) is 0.342. The van der Waals surface area contributed by atoms with Crippen molar-refractivity contribution in [1.29, 1.82) is 0 Å². The molecule has 2 aromatic carbocycles. The van der Waals surface area contributed by atoms with Gasteiger partial charge in [-0.3, -0.25) is 10.1 Å². The molecule has 28 heavy (non-hydrogen) atoms. The minimum absolute atomic E-state index is 0.235. The first kappa shape index (κ1) is 20.3. The van der Waals surface area contributed by atoms with Gasteiger partial charge in [0, 0.05) is 12.5 Å². The Labute approximate surface area is 172 Å². The summed E-state index contributed by atoms with van der Waals surface area (Å²) in [4.78, 5) is 12.7. The zero-order valence-corrected chi connectivity index (χ0v) is 17.0. The first-order chi connectivity index (χ1) is 13.7. The predicted octanol–water partition coefficient (Wildman–Crippen LogP) is 4.64. The molecule has 0 atom stereocenters. The summed E-state index contributed by atoms with van der Waals surface area (Å²) in [6.45, 7) is 0.513. The molecular formula is C23H28N2O2S. The molecule has 4 nitrogen and oxygen atoms in total. The molecule has 148 valence electrons. The van der Waals surface area contributed by atoms with E-state index in [9.17, 15) is 4.79 Å². The van der Waals surface area contributed by atoms with E-state index in [1.807, 2.05) is 36.4 Å². The highest BCUT2D eigenvalue weighted by Crippen LogP contribution is 2.19. The van der Waals surface area contributed by atoms with E-state index in [2.05, 4.69) is 22.8 Å². The number of para-hydroxylation sites is 1. The highest BCUT2D eigenvalue weighted by molar-refractivity contribution is 7.80. The van der Waals surface area contributed by atoms with Gasteiger partial charge in [-0.05, 0) is 42.8 Å². The molecule has 1 fully saturated rings. The second-order valence-electron chi connectivity index (χ2n) is 7.20. The van der Waals surface area contributed by atoms with Crippen LogP contribution in [0.4, 0.5) is 0 Å². The summed E-state index contributed by atoms with van der Waals surface area (Å²) in [6, 6.07) is 17.8. The third-order valence-electron chi connectivity index (χ3n) is 5.04. The molecule has 0 radical (unpaired) electrons. The number of carbonyl (C=O) groups is 1. The van der Waals surface area contributed by atoms with Crippen molar-refractivity contribution in [2.24, 2.45) is 0 Å². The monoisotopic (exact) mass is 396 g/mol. The van der Waals surface area contributed by atoms with Gasteiger partial charge in [0.15, 0.2) is 5.11 Å². The van der Waals surface area contributed by atoms with Gasteiger partial charge in [0.05, 0.1) is 12.2 Å². The molecule has 5 heteroatoms. The third-order valence-corrected chi connectivity index (χ3v) is 5.26. The van der Waals surface area contributed by atoms with Gasteiger partial charge in [-0.25, -0.2) is 0 Å². The van der Waals surface area contributed by atoms with Crippen molar-refractivity contribution in [2.75, 3.05) is 6.61 Å². The Balaban J connectivity index is 1.53. The van der Waals surface area contributed by atoms with Gasteiger partial charge in [-0.1, -0.05) is 68.1 Å². The Morgan fingerprint density at radius 1 is 0.964 bits per heavy atom. The molecule has 1 saturated carbocycles. The van der Waals surface area contributed by atoms with Gasteiger partial charge in [0.1, 0.15) is 5.75 Å². The van der Waals surface area contributed by atoms with E-state index >= 15 is 0 Å². The minimum Gasteiger partial charge on any atom is -0.492 e. The lowest BCUT2D eigenvalue weighted by Crippen LogP contribution is -2.44. The lowest BCUT2D eigenvalue weighted by molar-refractivity contribution is 0.0972. The van der Waals surface area contributed by atoms with Gasteiger partial charge in [-0.2, -0.15) is 0 Å². The largest absolute Gasteiger partial charge is 0.492 e. The van der Waals surface area contributed by atoms with Crippen LogP contribution in [0.3, 0.4) is 0 Å². The van der Waals surface area contributed by atoms with Crippen molar-refractivity contribution in [1.82, 2.24) is 10.6 Å². The van der Waals surface area contributed by atoms with E-state index in [-0.39, 0.29) is 5.91 Å². The summed E-state index contributed by atoms with van der Waals surface area (Å²) >= 11 is 5.37. The second-order valence-corrected chi connectivity index (χ2v) is 7.60. The van der Waals surface area contributed by atoms with E-state index in [1.54, 1.807) is 6.07 Å². The first-order valence-corrected chi connectivity index (χ1v) is 10.5. The molecular weight excluding hydrogens is 368 g/mol. The maximum Gasteiger partial charge on any atom is 0.261 e. The molecule has 0 unspecified atom stereocenters. The van der Waals surface area contributed by atoms with Gasteiger partial charge in [-0.15, -0.1) is 0 Å². The lowest BCUT2D eigenvalue weighted by Gasteiger charge is -2.19. The maximum atomic E-state index is 12.7. The highest BCUT2D eigenvalue weighted by Gasteiger charge is 2.17. The van der Waals surface area contributed by atoms with Crippen LogP contribution < -0.4 is 15.4 Å². The summed E-state index contributed by atoms with van der Waals surface area (Å²) in [5, 5.41) is 6.52. The lowest BCUT2D eigenvalue weighted by atomic mass is 10.1. The molecule has 0 aromatic heterocycles. The average Bonchev–Trinajstić information content (AvgIpc) is 2.97. The normalized spacial score (nSPS) is 14.7. The van der Waals surface area contributed by atoms with Crippen LogP contribution in [0.1, 0.15) is 54.4 Å². The van der Waals surface area contributed by atoms with Crippen molar-refractivity contribution >= 4 is 23.2 Å². The van der Waals surface area contributed by atoms with Gasteiger partial charge >= 0.3 is 0 Å². The van der Waals surface area contributed by atoms with Crippen molar-refractivity contribution < 1.29 is 9.53 Å². The molecule has 0 aliphatic heterocycles. The molecule has 2 aromatic rings. The summed E-state index contributed by atoms with van der Waals surface area (Å²) in [7, 11) is 0. The quantitative estimate of drug-likeness (QED) is 0.552. The number of ether oxygens (including phenoxy) is 1. The van der Waals surface area contributed by atoms with Crippen molar-refractivity contribution in [3.05, 3.63) is 65.7 Å². The second kappa shape index (κ2) is 10.8. The molecule has 0 saturated heterocycles. The van der Waals surface area contributed by atoms with Crippen LogP contribution in [0.25, 0.3) is 0 Å². The van der Waals surface area contributed by atoms with Gasteiger partial charge in [0.2, 0.25) is 0 Å². The minimum atomic E-state index is -0.235. The van der Waals surface area contributed by atoms with Crippen LogP contribution in [0.2, 0.25) is 0 Å². The molecule has 1 amide bonds. The first-order valence-electron chi connectivity index (χ1n) is 10.1. The topological polar surface area (TPSA) is 50.4 Å². The van der Waals surface area contributed by atoms with E-state index in [1.165, 1.54) is 31.2 Å². The Hall–Kier alpha value is -2.40. The van der Waals surface area contributed by atoms with E-state index in [4.69, 9.17) is 17.0 Å². The zero-order chi connectivity index (χ0) is 19.6. The molecule has 0 bridgehead atoms. The summed E-state index contributed by atoms with van der Waals surface area (Å²) < 4.78 is 5.89. The molecule has 2 N–H and O–H groups in total. The fraction of sp³-hybridized carbons (Fsp3) is 0.391.